The lowest BCUT2D eigenvalue weighted by molar-refractivity contribution is -0.144. The van der Waals surface area contributed by atoms with E-state index in [0.717, 1.165) is 5.56 Å². The van der Waals surface area contributed by atoms with Crippen molar-refractivity contribution in [2.24, 2.45) is 4.99 Å². The molecule has 0 aliphatic carbocycles. The predicted octanol–water partition coefficient (Wildman–Crippen LogP) is 3.00. The van der Waals surface area contributed by atoms with Crippen molar-refractivity contribution >= 4 is 17.9 Å². The van der Waals surface area contributed by atoms with E-state index in [4.69, 9.17) is 14.6 Å². The second kappa shape index (κ2) is 7.31. The van der Waals surface area contributed by atoms with Crippen molar-refractivity contribution in [2.75, 3.05) is 7.11 Å². The Morgan fingerprint density at radius 3 is 2.48 bits per heavy atom. The van der Waals surface area contributed by atoms with E-state index in [0.29, 0.717) is 17.2 Å². The summed E-state index contributed by atoms with van der Waals surface area (Å²) < 4.78 is 10.6. The molecule has 2 aromatic rings. The second-order valence-corrected chi connectivity index (χ2v) is 4.78. The molecule has 0 spiro atoms. The normalized spacial score (nSPS) is 12.1. The lowest BCUT2D eigenvalue weighted by Crippen LogP contribution is -2.23. The van der Waals surface area contributed by atoms with E-state index in [1.807, 2.05) is 0 Å². The fourth-order valence-corrected chi connectivity index (χ4v) is 1.79. The minimum atomic E-state index is -1.05. The van der Waals surface area contributed by atoms with Crippen LogP contribution in [0.5, 0.6) is 17.2 Å². The molecule has 0 radical (unpaired) electrons. The van der Waals surface area contributed by atoms with Gasteiger partial charge in [0.25, 0.3) is 0 Å². The van der Waals surface area contributed by atoms with E-state index in [1.165, 1.54) is 14.0 Å². The van der Waals surface area contributed by atoms with Crippen LogP contribution in [-0.2, 0) is 4.79 Å². The number of methoxy groups -OCH3 is 1. The Kier molecular flexibility index (Phi) is 5.19. The number of nitrogens with zero attached hydrogens (tertiary/aromatic N) is 1. The summed E-state index contributed by atoms with van der Waals surface area (Å²) in [6.07, 6.45) is 0.666. The Morgan fingerprint density at radius 1 is 1.17 bits per heavy atom. The molecule has 6 heteroatoms. The maximum atomic E-state index is 10.8. The largest absolute Gasteiger partial charge is 0.508 e. The molecule has 0 fully saturated rings. The van der Waals surface area contributed by atoms with E-state index in [2.05, 4.69) is 4.99 Å². The smallest absolute Gasteiger partial charge is 0.344 e. The monoisotopic (exact) mass is 315 g/mol. The summed E-state index contributed by atoms with van der Waals surface area (Å²) >= 11 is 0. The first kappa shape index (κ1) is 16.4. The van der Waals surface area contributed by atoms with Crippen LogP contribution in [0.4, 0.5) is 5.69 Å². The van der Waals surface area contributed by atoms with Gasteiger partial charge in [-0.25, -0.2) is 4.79 Å². The number of phenols is 1. The molecule has 0 aliphatic heterocycles. The molecule has 0 heterocycles. The third-order valence-electron chi connectivity index (χ3n) is 3.05. The summed E-state index contributed by atoms with van der Waals surface area (Å²) in [6, 6.07) is 11.6. The molecule has 2 aromatic carbocycles. The first-order chi connectivity index (χ1) is 11.0. The Hall–Kier alpha value is -3.02. The van der Waals surface area contributed by atoms with Gasteiger partial charge in [-0.3, -0.25) is 4.99 Å². The maximum Gasteiger partial charge on any atom is 0.344 e. The van der Waals surface area contributed by atoms with Crippen molar-refractivity contribution in [1.82, 2.24) is 0 Å². The Bertz CT molecular complexity index is 709. The van der Waals surface area contributed by atoms with Crippen LogP contribution in [0, 0.1) is 0 Å². The predicted molar refractivity (Wildman–Crippen MR) is 86.1 cm³/mol. The molecule has 0 amide bonds. The van der Waals surface area contributed by atoms with Gasteiger partial charge >= 0.3 is 5.97 Å². The average Bonchev–Trinajstić information content (AvgIpc) is 2.55. The minimum absolute atomic E-state index is 0.180. The average molecular weight is 315 g/mol. The topological polar surface area (TPSA) is 88.4 Å². The summed E-state index contributed by atoms with van der Waals surface area (Å²) in [5.74, 6) is -0.0957. The highest BCUT2D eigenvalue weighted by Gasteiger charge is 2.15. The SMILES string of the molecule is COc1cc(C=Nc2ccc(O)cc2)ccc1O[C@H](C)C(=O)O. The van der Waals surface area contributed by atoms with Crippen molar-refractivity contribution in [3.05, 3.63) is 48.0 Å². The van der Waals surface area contributed by atoms with Crippen LogP contribution in [0.15, 0.2) is 47.5 Å². The zero-order valence-corrected chi connectivity index (χ0v) is 12.8. The number of aliphatic imine (C=N–C) groups is 1. The molecule has 0 saturated carbocycles. The molecule has 0 aliphatic rings. The molecule has 6 nitrogen and oxygen atoms in total. The fourth-order valence-electron chi connectivity index (χ4n) is 1.79. The molecule has 120 valence electrons. The third-order valence-corrected chi connectivity index (χ3v) is 3.05. The Morgan fingerprint density at radius 2 is 1.87 bits per heavy atom. The lowest BCUT2D eigenvalue weighted by Gasteiger charge is -2.14. The number of carboxylic acid groups (broad SMARTS) is 1. The molecule has 0 saturated heterocycles. The van der Waals surface area contributed by atoms with Crippen LogP contribution in [0.1, 0.15) is 12.5 Å². The zero-order valence-electron chi connectivity index (χ0n) is 12.8. The van der Waals surface area contributed by atoms with Gasteiger partial charge < -0.3 is 19.7 Å². The molecule has 0 unspecified atom stereocenters. The first-order valence-electron chi connectivity index (χ1n) is 6.90. The van der Waals surface area contributed by atoms with E-state index in [9.17, 15) is 9.90 Å². The van der Waals surface area contributed by atoms with Crippen molar-refractivity contribution in [3.8, 4) is 17.2 Å². The van der Waals surface area contributed by atoms with Gasteiger partial charge in [-0.15, -0.1) is 0 Å². The summed E-state index contributed by atoms with van der Waals surface area (Å²) in [7, 11) is 1.48. The number of carbonyl (C=O) groups is 1. The van der Waals surface area contributed by atoms with Crippen molar-refractivity contribution in [2.45, 2.75) is 13.0 Å². The van der Waals surface area contributed by atoms with Crippen LogP contribution in [0.25, 0.3) is 0 Å². The van der Waals surface area contributed by atoms with Crippen LogP contribution in [0.2, 0.25) is 0 Å². The van der Waals surface area contributed by atoms with Gasteiger partial charge in [-0.05, 0) is 55.0 Å². The van der Waals surface area contributed by atoms with Gasteiger partial charge in [0.15, 0.2) is 17.6 Å². The lowest BCUT2D eigenvalue weighted by atomic mass is 10.2. The number of aromatic hydroxyl groups is 1. The summed E-state index contributed by atoms with van der Waals surface area (Å²) in [5.41, 5.74) is 1.46. The van der Waals surface area contributed by atoms with Crippen molar-refractivity contribution in [3.63, 3.8) is 0 Å². The third kappa shape index (κ3) is 4.47. The minimum Gasteiger partial charge on any atom is -0.508 e. The summed E-state index contributed by atoms with van der Waals surface area (Å²) in [4.78, 5) is 15.1. The molecule has 2 rings (SSSR count). The molecular weight excluding hydrogens is 298 g/mol. The standard InChI is InChI=1S/C17H17NO5/c1-11(17(20)21)23-15-8-3-12(9-16(15)22-2)10-18-13-4-6-14(19)7-5-13/h3-11,19H,1-2H3,(H,20,21)/t11-/m1/s1. The highest BCUT2D eigenvalue weighted by atomic mass is 16.5. The van der Waals surface area contributed by atoms with Crippen LogP contribution in [-0.4, -0.2) is 35.6 Å². The number of rotatable bonds is 6. The number of benzene rings is 2. The van der Waals surface area contributed by atoms with E-state index in [-0.39, 0.29) is 5.75 Å². The number of aliphatic carboxylic acids is 1. The van der Waals surface area contributed by atoms with Gasteiger partial charge in [-0.2, -0.15) is 0 Å². The molecule has 2 N–H and O–H groups in total. The number of hydrogen-bond donors (Lipinski definition) is 2. The van der Waals surface area contributed by atoms with E-state index < -0.39 is 12.1 Å². The van der Waals surface area contributed by atoms with Crippen LogP contribution in [0.3, 0.4) is 0 Å². The van der Waals surface area contributed by atoms with Crippen LogP contribution >= 0.6 is 0 Å². The van der Waals surface area contributed by atoms with Gasteiger partial charge in [0.2, 0.25) is 0 Å². The maximum absolute atomic E-state index is 10.8. The number of hydrogen-bond acceptors (Lipinski definition) is 5. The highest BCUT2D eigenvalue weighted by Crippen LogP contribution is 2.28. The zero-order chi connectivity index (χ0) is 16.8. The Balaban J connectivity index is 2.18. The quantitative estimate of drug-likeness (QED) is 0.800. The van der Waals surface area contributed by atoms with Gasteiger partial charge in [0.05, 0.1) is 12.8 Å². The van der Waals surface area contributed by atoms with Crippen LogP contribution < -0.4 is 9.47 Å². The molecular formula is C17H17NO5. The van der Waals surface area contributed by atoms with Crippen molar-refractivity contribution < 1.29 is 24.5 Å². The number of carboxylic acids is 1. The van der Waals surface area contributed by atoms with Crippen molar-refractivity contribution in [1.29, 1.82) is 0 Å². The molecule has 23 heavy (non-hydrogen) atoms. The molecule has 0 aromatic heterocycles. The van der Waals surface area contributed by atoms with Gasteiger partial charge in [-0.1, -0.05) is 0 Å². The van der Waals surface area contributed by atoms with Gasteiger partial charge in [0, 0.05) is 6.21 Å². The first-order valence-corrected chi connectivity index (χ1v) is 6.90. The highest BCUT2D eigenvalue weighted by molar-refractivity contribution is 5.83. The second-order valence-electron chi connectivity index (χ2n) is 4.78. The van der Waals surface area contributed by atoms with E-state index >= 15 is 0 Å². The summed E-state index contributed by atoms with van der Waals surface area (Å²) in [6.45, 7) is 1.45. The number of phenolic OH excluding ortho intramolecular Hbond substituents is 1. The molecule has 0 bridgehead atoms. The molecule has 1 atom stereocenters. The van der Waals surface area contributed by atoms with Gasteiger partial charge in [0.1, 0.15) is 5.75 Å². The Labute approximate surface area is 133 Å². The number of ether oxygens (including phenoxy) is 2. The van der Waals surface area contributed by atoms with E-state index in [1.54, 1.807) is 48.7 Å². The fraction of sp³-hybridized carbons (Fsp3) is 0.176. The summed E-state index contributed by atoms with van der Waals surface area (Å²) in [5, 5.41) is 18.1.